The van der Waals surface area contributed by atoms with Gasteiger partial charge in [0.2, 0.25) is 0 Å². The van der Waals surface area contributed by atoms with E-state index < -0.39 is 0 Å². The summed E-state index contributed by atoms with van der Waals surface area (Å²) in [4.78, 5) is 0. The second kappa shape index (κ2) is 7.39. The number of rotatable bonds is 1. The summed E-state index contributed by atoms with van der Waals surface area (Å²) in [6, 6.07) is 38.6. The van der Waals surface area contributed by atoms with Crippen LogP contribution in [0, 0.1) is 0 Å². The van der Waals surface area contributed by atoms with Crippen LogP contribution >= 0.6 is 34.0 Å². The van der Waals surface area contributed by atoms with Gasteiger partial charge in [-0.3, -0.25) is 0 Å². The molecule has 6 aromatic carbocycles. The van der Waals surface area contributed by atoms with E-state index in [1.54, 1.807) is 0 Å². The Hall–Kier alpha value is -3.76. The van der Waals surface area contributed by atoms with Crippen molar-refractivity contribution in [2.45, 2.75) is 0 Å². The molecule has 0 aliphatic heterocycles. The molecule has 172 valence electrons. The molecule has 0 radical (unpaired) electrons. The van der Waals surface area contributed by atoms with Crippen molar-refractivity contribution < 1.29 is 0 Å². The van der Waals surface area contributed by atoms with E-state index in [-0.39, 0.29) is 0 Å². The zero-order valence-corrected chi connectivity index (χ0v) is 22.1. The summed E-state index contributed by atoms with van der Waals surface area (Å²) < 4.78 is 6.77. The Morgan fingerprint density at radius 2 is 0.946 bits per heavy atom. The van der Waals surface area contributed by atoms with Gasteiger partial charge in [-0.25, -0.2) is 0 Å². The monoisotopic (exact) mass is 522 g/mol. The molecule has 3 heterocycles. The molecule has 0 aliphatic carbocycles. The molecule has 0 atom stereocenters. The first-order valence-corrected chi connectivity index (χ1v) is 14.9. The van der Waals surface area contributed by atoms with Gasteiger partial charge in [0.25, 0.3) is 0 Å². The quantitative estimate of drug-likeness (QED) is 0.188. The molecule has 0 spiro atoms. The SMILES string of the molecule is c1ccc2c(-c3cc4cc5sc6ccccc6c5cc4c4cc5sc6ccccc6c5cc34)csc2c1. The Morgan fingerprint density at radius 1 is 0.351 bits per heavy atom. The molecule has 0 amide bonds. The third-order valence-electron chi connectivity index (χ3n) is 7.72. The predicted octanol–water partition coefficient (Wildman–Crippen LogP) is 11.6. The summed E-state index contributed by atoms with van der Waals surface area (Å²) in [7, 11) is 0. The summed E-state index contributed by atoms with van der Waals surface area (Å²) >= 11 is 5.64. The zero-order chi connectivity index (χ0) is 24.1. The first kappa shape index (κ1) is 20.3. The maximum atomic E-state index is 2.46. The highest BCUT2D eigenvalue weighted by Gasteiger charge is 2.17. The van der Waals surface area contributed by atoms with E-state index >= 15 is 0 Å². The molecule has 0 nitrogen and oxygen atoms in total. The highest BCUT2D eigenvalue weighted by molar-refractivity contribution is 7.26. The second-order valence-corrected chi connectivity index (χ2v) is 12.8. The fourth-order valence-electron chi connectivity index (χ4n) is 6.00. The Bertz CT molecular complexity index is 2360. The van der Waals surface area contributed by atoms with Crippen LogP contribution in [0.15, 0.2) is 109 Å². The lowest BCUT2D eigenvalue weighted by Gasteiger charge is -2.12. The van der Waals surface area contributed by atoms with Crippen LogP contribution in [0.5, 0.6) is 0 Å². The van der Waals surface area contributed by atoms with E-state index in [9.17, 15) is 0 Å². The molecule has 0 bridgehead atoms. The molecular weight excluding hydrogens is 505 g/mol. The number of hydrogen-bond donors (Lipinski definition) is 0. The van der Waals surface area contributed by atoms with Crippen LogP contribution in [0.3, 0.4) is 0 Å². The van der Waals surface area contributed by atoms with E-state index in [4.69, 9.17) is 0 Å². The van der Waals surface area contributed by atoms with Gasteiger partial charge < -0.3 is 0 Å². The second-order valence-electron chi connectivity index (χ2n) is 9.73. The van der Waals surface area contributed by atoms with Crippen LogP contribution in [-0.2, 0) is 0 Å². The molecule has 0 aliphatic rings. The Labute approximate surface area is 224 Å². The Kier molecular flexibility index (Phi) is 4.06. The van der Waals surface area contributed by atoms with Crippen molar-refractivity contribution in [3.05, 3.63) is 109 Å². The first-order chi connectivity index (χ1) is 18.3. The van der Waals surface area contributed by atoms with Gasteiger partial charge in [-0.05, 0) is 81.0 Å². The molecule has 9 rings (SSSR count). The van der Waals surface area contributed by atoms with Crippen molar-refractivity contribution in [3.63, 3.8) is 0 Å². The predicted molar refractivity (Wildman–Crippen MR) is 168 cm³/mol. The van der Waals surface area contributed by atoms with E-state index in [0.29, 0.717) is 0 Å². The minimum atomic E-state index is 1.32. The Morgan fingerprint density at radius 3 is 1.68 bits per heavy atom. The van der Waals surface area contributed by atoms with E-state index in [0.717, 1.165) is 0 Å². The zero-order valence-electron chi connectivity index (χ0n) is 19.6. The molecule has 0 saturated heterocycles. The molecule has 0 saturated carbocycles. The number of fused-ring (bicyclic) bond motifs is 10. The summed E-state index contributed by atoms with van der Waals surface area (Å²) in [5.74, 6) is 0. The lowest BCUT2D eigenvalue weighted by molar-refractivity contribution is 1.81. The standard InChI is InChI=1S/C34H18S3/c1-4-10-30-22(9-1)29(18-35-30)24-13-19-14-33-27(20-7-2-5-11-31(20)36-33)15-23(19)26-17-34-28(16-25(24)26)21-8-3-6-12-32(21)37-34/h1-18H. The van der Waals surface area contributed by atoms with Crippen LogP contribution < -0.4 is 0 Å². The first-order valence-electron chi connectivity index (χ1n) is 12.4. The Balaban J connectivity index is 1.50. The van der Waals surface area contributed by atoms with Gasteiger partial charge in [-0.1, -0.05) is 54.6 Å². The highest BCUT2D eigenvalue weighted by atomic mass is 32.1. The van der Waals surface area contributed by atoms with Crippen LogP contribution in [-0.4, -0.2) is 0 Å². The molecule has 3 aromatic heterocycles. The van der Waals surface area contributed by atoms with Crippen molar-refractivity contribution in [2.24, 2.45) is 0 Å². The van der Waals surface area contributed by atoms with Crippen molar-refractivity contribution in [1.82, 2.24) is 0 Å². The topological polar surface area (TPSA) is 0 Å². The number of benzene rings is 6. The average molecular weight is 523 g/mol. The summed E-state index contributed by atoms with van der Waals surface area (Å²) in [6.07, 6.45) is 0. The van der Waals surface area contributed by atoms with E-state index in [2.05, 4.69) is 109 Å². The summed E-state index contributed by atoms with van der Waals surface area (Å²) in [5, 5.41) is 14.5. The summed E-state index contributed by atoms with van der Waals surface area (Å²) in [6.45, 7) is 0. The lowest BCUT2D eigenvalue weighted by atomic mass is 9.91. The minimum absolute atomic E-state index is 1.32. The van der Waals surface area contributed by atoms with Gasteiger partial charge in [-0.2, -0.15) is 0 Å². The van der Waals surface area contributed by atoms with Gasteiger partial charge in [0.15, 0.2) is 0 Å². The maximum absolute atomic E-state index is 2.46. The maximum Gasteiger partial charge on any atom is 0.0362 e. The van der Waals surface area contributed by atoms with Gasteiger partial charge >= 0.3 is 0 Å². The third kappa shape index (κ3) is 2.82. The lowest BCUT2D eigenvalue weighted by Crippen LogP contribution is -1.85. The smallest absolute Gasteiger partial charge is 0.0362 e. The molecule has 0 fully saturated rings. The van der Waals surface area contributed by atoms with Crippen molar-refractivity contribution in [2.75, 3.05) is 0 Å². The van der Waals surface area contributed by atoms with Crippen LogP contribution in [0.4, 0.5) is 0 Å². The molecular formula is C34H18S3. The molecule has 3 heteroatoms. The van der Waals surface area contributed by atoms with Crippen LogP contribution in [0.2, 0.25) is 0 Å². The van der Waals surface area contributed by atoms with Crippen molar-refractivity contribution in [3.8, 4) is 11.1 Å². The van der Waals surface area contributed by atoms with Crippen LogP contribution in [0.1, 0.15) is 0 Å². The largest absolute Gasteiger partial charge is 0.143 e. The van der Waals surface area contributed by atoms with Crippen molar-refractivity contribution >= 4 is 106 Å². The molecule has 37 heavy (non-hydrogen) atoms. The van der Waals surface area contributed by atoms with Gasteiger partial charge in [0.05, 0.1) is 0 Å². The van der Waals surface area contributed by atoms with Gasteiger partial charge in [0, 0.05) is 56.0 Å². The van der Waals surface area contributed by atoms with Gasteiger partial charge in [0.1, 0.15) is 0 Å². The van der Waals surface area contributed by atoms with Crippen LogP contribution in [0.25, 0.3) is 83.1 Å². The summed E-state index contributed by atoms with van der Waals surface area (Å²) in [5.41, 5.74) is 2.67. The third-order valence-corrected chi connectivity index (χ3v) is 10.9. The van der Waals surface area contributed by atoms with Gasteiger partial charge in [-0.15, -0.1) is 34.0 Å². The molecule has 9 aromatic rings. The van der Waals surface area contributed by atoms with E-state index in [1.807, 2.05) is 34.0 Å². The fraction of sp³-hybridized carbons (Fsp3) is 0. The fourth-order valence-corrected chi connectivity index (χ4v) is 9.22. The normalized spacial score (nSPS) is 12.3. The number of thiophene rings is 3. The highest BCUT2D eigenvalue weighted by Crippen LogP contribution is 2.46. The minimum Gasteiger partial charge on any atom is -0.143 e. The molecule has 0 unspecified atom stereocenters. The van der Waals surface area contributed by atoms with E-state index in [1.165, 1.54) is 83.1 Å². The molecule has 0 N–H and O–H groups in total. The number of hydrogen-bond acceptors (Lipinski definition) is 3. The van der Waals surface area contributed by atoms with Crippen molar-refractivity contribution in [1.29, 1.82) is 0 Å². The average Bonchev–Trinajstić information content (AvgIpc) is 3.63.